The van der Waals surface area contributed by atoms with Gasteiger partial charge in [0.05, 0.1) is 13.5 Å². The molecule has 1 aliphatic carbocycles. The van der Waals surface area contributed by atoms with Crippen molar-refractivity contribution in [2.75, 3.05) is 36.5 Å². The highest BCUT2D eigenvalue weighted by molar-refractivity contribution is 5.72. The van der Waals surface area contributed by atoms with Gasteiger partial charge in [-0.1, -0.05) is 0 Å². The molecule has 3 aliphatic rings. The van der Waals surface area contributed by atoms with Crippen LogP contribution >= 0.6 is 0 Å². The van der Waals surface area contributed by atoms with Crippen molar-refractivity contribution in [3.8, 4) is 0 Å². The average Bonchev–Trinajstić information content (AvgIpc) is 2.96. The van der Waals surface area contributed by atoms with E-state index in [0.717, 1.165) is 12.5 Å². The number of piperidine rings is 1. The summed E-state index contributed by atoms with van der Waals surface area (Å²) in [5.41, 5.74) is -2.62. The number of fused-ring (bicyclic) bond motifs is 1. The first-order valence-corrected chi connectivity index (χ1v) is 8.87. The highest BCUT2D eigenvalue weighted by atomic mass is 19.4. The summed E-state index contributed by atoms with van der Waals surface area (Å²) in [5, 5.41) is 0. The number of rotatable bonds is 4. The Balaban J connectivity index is 1.55. The van der Waals surface area contributed by atoms with Gasteiger partial charge in [-0.15, -0.1) is 0 Å². The van der Waals surface area contributed by atoms with Crippen LogP contribution in [0.1, 0.15) is 25.5 Å². The number of carbonyl (C=O) groups is 1. The van der Waals surface area contributed by atoms with Crippen LogP contribution in [-0.2, 0) is 15.7 Å². The molecular weight excluding hydrogens is 368 g/mol. The van der Waals surface area contributed by atoms with Gasteiger partial charge in [-0.3, -0.25) is 4.79 Å². The molecule has 0 radical (unpaired) electrons. The van der Waals surface area contributed by atoms with Gasteiger partial charge >= 0.3 is 12.1 Å². The van der Waals surface area contributed by atoms with Crippen LogP contribution in [0.3, 0.4) is 0 Å². The summed E-state index contributed by atoms with van der Waals surface area (Å²) in [6.07, 6.45) is -4.03. The molecule has 1 aromatic heterocycles. The number of ether oxygens (including phenoxy) is 1. The molecule has 4 atom stereocenters. The van der Waals surface area contributed by atoms with E-state index in [4.69, 9.17) is 0 Å². The van der Waals surface area contributed by atoms with Gasteiger partial charge in [0.15, 0.2) is 5.69 Å². The minimum atomic E-state index is -4.59. The SMILES string of the molecule is COC(=O)CC1(F)[C@@H]2CN(c3cc(C(F)(F)F)nc(N4CCC4C)n3)C[C@@H]21. The van der Waals surface area contributed by atoms with Crippen LogP contribution in [0.25, 0.3) is 0 Å². The molecule has 27 heavy (non-hydrogen) atoms. The van der Waals surface area contributed by atoms with E-state index in [1.165, 1.54) is 7.11 Å². The molecule has 148 valence electrons. The number of anilines is 2. The van der Waals surface area contributed by atoms with Gasteiger partial charge in [0.1, 0.15) is 11.5 Å². The maximum absolute atomic E-state index is 14.8. The molecule has 1 saturated carbocycles. The van der Waals surface area contributed by atoms with Gasteiger partial charge in [0.25, 0.3) is 0 Å². The van der Waals surface area contributed by atoms with Gasteiger partial charge in [-0.2, -0.15) is 18.2 Å². The normalized spacial score (nSPS) is 32.1. The number of aromatic nitrogens is 2. The van der Waals surface area contributed by atoms with E-state index in [9.17, 15) is 22.4 Å². The minimum absolute atomic E-state index is 0.0558. The van der Waals surface area contributed by atoms with E-state index in [0.29, 0.717) is 6.54 Å². The van der Waals surface area contributed by atoms with Crippen LogP contribution in [0.5, 0.6) is 0 Å². The molecule has 0 aromatic carbocycles. The summed E-state index contributed by atoms with van der Waals surface area (Å²) in [6.45, 7) is 2.96. The van der Waals surface area contributed by atoms with Crippen LogP contribution in [0.15, 0.2) is 6.07 Å². The standard InChI is InChI=1S/C17H20F4N4O2/c1-9-3-4-25(9)15-22-12(17(19,20)21)5-13(23-15)24-7-10-11(8-24)16(10,18)6-14(26)27-2/h5,9-11H,3-4,6-8H2,1-2H3/t9?,10-,11+,16?. The molecule has 0 spiro atoms. The molecule has 2 unspecified atom stereocenters. The number of methoxy groups -OCH3 is 1. The van der Waals surface area contributed by atoms with Crippen molar-refractivity contribution in [1.29, 1.82) is 0 Å². The van der Waals surface area contributed by atoms with Crippen molar-refractivity contribution in [1.82, 2.24) is 9.97 Å². The van der Waals surface area contributed by atoms with Crippen LogP contribution in [0, 0.1) is 11.8 Å². The quantitative estimate of drug-likeness (QED) is 0.583. The van der Waals surface area contributed by atoms with E-state index >= 15 is 0 Å². The highest BCUT2D eigenvalue weighted by Gasteiger charge is 2.70. The number of nitrogens with zero attached hydrogens (tertiary/aromatic N) is 4. The van der Waals surface area contributed by atoms with Gasteiger partial charge in [0.2, 0.25) is 5.95 Å². The smallest absolute Gasteiger partial charge is 0.433 e. The third-order valence-electron chi connectivity index (χ3n) is 5.98. The fourth-order valence-corrected chi connectivity index (χ4v) is 4.09. The number of carbonyl (C=O) groups excluding carboxylic acids is 1. The molecule has 6 nitrogen and oxygen atoms in total. The molecule has 0 N–H and O–H groups in total. The molecule has 0 amide bonds. The molecular formula is C17H20F4N4O2. The van der Waals surface area contributed by atoms with Crippen molar-refractivity contribution in [2.45, 2.75) is 37.7 Å². The van der Waals surface area contributed by atoms with E-state index in [1.807, 2.05) is 6.92 Å². The molecule has 3 fully saturated rings. The maximum atomic E-state index is 14.8. The third-order valence-corrected chi connectivity index (χ3v) is 5.98. The topological polar surface area (TPSA) is 58.6 Å². The average molecular weight is 388 g/mol. The van der Waals surface area contributed by atoms with E-state index < -0.39 is 35.3 Å². The first-order valence-electron chi connectivity index (χ1n) is 8.87. The fraction of sp³-hybridized carbons (Fsp3) is 0.706. The van der Waals surface area contributed by atoms with Crippen molar-refractivity contribution in [3.05, 3.63) is 11.8 Å². The van der Waals surface area contributed by atoms with Gasteiger partial charge in [0, 0.05) is 43.6 Å². The summed E-state index contributed by atoms with van der Waals surface area (Å²) in [7, 11) is 1.20. The fourth-order valence-electron chi connectivity index (χ4n) is 4.09. The first-order chi connectivity index (χ1) is 12.6. The monoisotopic (exact) mass is 388 g/mol. The zero-order chi connectivity index (χ0) is 19.6. The Bertz CT molecular complexity index is 760. The molecule has 2 aliphatic heterocycles. The van der Waals surface area contributed by atoms with E-state index in [1.54, 1.807) is 9.80 Å². The molecule has 1 aromatic rings. The first kappa shape index (κ1) is 18.2. The Hall–Kier alpha value is -2.13. The van der Waals surface area contributed by atoms with Crippen LogP contribution in [0.4, 0.5) is 29.3 Å². The number of hydrogen-bond donors (Lipinski definition) is 0. The summed E-state index contributed by atoms with van der Waals surface area (Å²) >= 11 is 0. The Morgan fingerprint density at radius 3 is 2.48 bits per heavy atom. The largest absolute Gasteiger partial charge is 0.469 e. The van der Waals surface area contributed by atoms with Gasteiger partial charge < -0.3 is 14.5 Å². The lowest BCUT2D eigenvalue weighted by Crippen LogP contribution is -2.47. The van der Waals surface area contributed by atoms with Crippen molar-refractivity contribution in [2.24, 2.45) is 11.8 Å². The van der Waals surface area contributed by atoms with Crippen molar-refractivity contribution < 1.29 is 27.1 Å². The molecule has 2 saturated heterocycles. The number of hydrogen-bond acceptors (Lipinski definition) is 6. The van der Waals surface area contributed by atoms with Crippen LogP contribution in [-0.4, -0.2) is 54.4 Å². The third kappa shape index (κ3) is 2.98. The Morgan fingerprint density at radius 1 is 1.33 bits per heavy atom. The Morgan fingerprint density at radius 2 is 2.00 bits per heavy atom. The summed E-state index contributed by atoms with van der Waals surface area (Å²) in [5.74, 6) is -1.20. The Labute approximate surface area is 153 Å². The lowest BCUT2D eigenvalue weighted by Gasteiger charge is -2.39. The number of halogens is 4. The molecule has 0 bridgehead atoms. The Kier molecular flexibility index (Phi) is 4.01. The van der Waals surface area contributed by atoms with Crippen LogP contribution < -0.4 is 9.80 Å². The molecule has 3 heterocycles. The summed E-state index contributed by atoms with van der Waals surface area (Å²) in [4.78, 5) is 22.7. The van der Waals surface area contributed by atoms with Crippen LogP contribution in [0.2, 0.25) is 0 Å². The predicted molar refractivity (Wildman–Crippen MR) is 88.1 cm³/mol. The van der Waals surface area contributed by atoms with E-state index in [-0.39, 0.29) is 37.3 Å². The second-order valence-corrected chi connectivity index (χ2v) is 7.54. The number of alkyl halides is 4. The summed E-state index contributed by atoms with van der Waals surface area (Å²) in [6, 6.07) is 1.01. The molecule has 4 rings (SSSR count). The lowest BCUT2D eigenvalue weighted by molar-refractivity contribution is -0.143. The van der Waals surface area contributed by atoms with E-state index in [2.05, 4.69) is 14.7 Å². The second-order valence-electron chi connectivity index (χ2n) is 7.54. The zero-order valence-electron chi connectivity index (χ0n) is 15.0. The highest BCUT2D eigenvalue weighted by Crippen LogP contribution is 2.60. The van der Waals surface area contributed by atoms with Crippen molar-refractivity contribution >= 4 is 17.7 Å². The summed E-state index contributed by atoms with van der Waals surface area (Å²) < 4.78 is 59.1. The second kappa shape index (κ2) is 5.93. The minimum Gasteiger partial charge on any atom is -0.469 e. The van der Waals surface area contributed by atoms with Gasteiger partial charge in [-0.25, -0.2) is 9.37 Å². The maximum Gasteiger partial charge on any atom is 0.433 e. The molecule has 10 heteroatoms. The zero-order valence-corrected chi connectivity index (χ0v) is 15.0. The van der Waals surface area contributed by atoms with Gasteiger partial charge in [-0.05, 0) is 13.3 Å². The lowest BCUT2D eigenvalue weighted by atomic mass is 10.1. The predicted octanol–water partition coefficient (Wildman–Crippen LogP) is 2.43. The number of esters is 1. The van der Waals surface area contributed by atoms with Crippen molar-refractivity contribution in [3.63, 3.8) is 0 Å².